The van der Waals surface area contributed by atoms with Gasteiger partial charge in [-0.25, -0.2) is 4.98 Å². The van der Waals surface area contributed by atoms with Crippen molar-refractivity contribution in [1.29, 1.82) is 0 Å². The zero-order valence-corrected chi connectivity index (χ0v) is 14.3. The minimum absolute atomic E-state index is 0.258. The molecule has 0 saturated carbocycles. The van der Waals surface area contributed by atoms with Crippen LogP contribution in [0.15, 0.2) is 59.7 Å². The van der Waals surface area contributed by atoms with Gasteiger partial charge in [0, 0.05) is 34.6 Å². The van der Waals surface area contributed by atoms with Crippen molar-refractivity contribution in [2.45, 2.75) is 6.54 Å². The second kappa shape index (κ2) is 6.93. The molecule has 0 fully saturated rings. The molecule has 0 aliphatic carbocycles. The number of rotatable bonds is 4. The van der Waals surface area contributed by atoms with E-state index in [0.717, 1.165) is 10.0 Å². The van der Waals surface area contributed by atoms with Crippen molar-refractivity contribution in [2.24, 2.45) is 0 Å². The van der Waals surface area contributed by atoms with Crippen LogP contribution < -0.4 is 5.32 Å². The van der Waals surface area contributed by atoms with E-state index in [0.29, 0.717) is 22.9 Å². The third-order valence-electron chi connectivity index (χ3n) is 3.10. The van der Waals surface area contributed by atoms with Gasteiger partial charge in [0.2, 0.25) is 0 Å². The average molecular weight is 392 g/mol. The number of hydrogen-bond donors (Lipinski definition) is 1. The lowest BCUT2D eigenvalue weighted by Gasteiger charge is -2.03. The van der Waals surface area contributed by atoms with E-state index < -0.39 is 0 Å². The van der Waals surface area contributed by atoms with Gasteiger partial charge in [0.25, 0.3) is 5.91 Å². The van der Waals surface area contributed by atoms with E-state index in [9.17, 15) is 4.79 Å². The fraction of sp³-hybridized carbons (Fsp3) is 0.0625. The van der Waals surface area contributed by atoms with Crippen LogP contribution in [0.25, 0.3) is 0 Å². The zero-order valence-electron chi connectivity index (χ0n) is 11.9. The Hall–Kier alpha value is -2.18. The molecular weight excluding hydrogens is 380 g/mol. The molecule has 2 heterocycles. The Labute approximate surface area is 146 Å². The van der Waals surface area contributed by atoms with Crippen LogP contribution in [0.5, 0.6) is 0 Å². The minimum atomic E-state index is -0.258. The van der Waals surface area contributed by atoms with Gasteiger partial charge in [0.1, 0.15) is 0 Å². The van der Waals surface area contributed by atoms with Crippen LogP contribution >= 0.6 is 27.5 Å². The van der Waals surface area contributed by atoms with Gasteiger partial charge in [-0.1, -0.05) is 23.7 Å². The van der Waals surface area contributed by atoms with Gasteiger partial charge < -0.3 is 9.88 Å². The number of carbonyl (C=O) groups is 1. The molecule has 116 valence electrons. The number of carbonyl (C=O) groups excluding carboxylic acids is 1. The Morgan fingerprint density at radius 1 is 1.30 bits per heavy atom. The summed E-state index contributed by atoms with van der Waals surface area (Å²) in [4.78, 5) is 20.3. The fourth-order valence-corrected chi connectivity index (χ4v) is 2.66. The number of amides is 1. The smallest absolute Gasteiger partial charge is 0.258 e. The molecule has 0 aliphatic rings. The average Bonchev–Trinajstić information content (AvgIpc) is 2.94. The first-order chi connectivity index (χ1) is 11.1. The van der Waals surface area contributed by atoms with Gasteiger partial charge in [-0.3, -0.25) is 9.78 Å². The summed E-state index contributed by atoms with van der Waals surface area (Å²) in [5.41, 5.74) is 1.52. The molecule has 7 heteroatoms. The van der Waals surface area contributed by atoms with Gasteiger partial charge in [0.05, 0.1) is 11.9 Å². The van der Waals surface area contributed by atoms with Crippen molar-refractivity contribution in [3.8, 4) is 0 Å². The number of nitrogens with zero attached hydrogens (tertiary/aromatic N) is 3. The third kappa shape index (κ3) is 4.18. The number of benzene rings is 1. The topological polar surface area (TPSA) is 59.8 Å². The van der Waals surface area contributed by atoms with Crippen molar-refractivity contribution >= 4 is 39.3 Å². The molecule has 0 aliphatic heterocycles. The molecule has 0 bridgehead atoms. The quantitative estimate of drug-likeness (QED) is 0.731. The summed E-state index contributed by atoms with van der Waals surface area (Å²) < 4.78 is 2.62. The van der Waals surface area contributed by atoms with Gasteiger partial charge in [-0.05, 0) is 39.7 Å². The number of imidazole rings is 1. The largest absolute Gasteiger partial charge is 0.331 e. The summed E-state index contributed by atoms with van der Waals surface area (Å²) in [5, 5.41) is 3.44. The highest BCUT2D eigenvalue weighted by molar-refractivity contribution is 9.10. The van der Waals surface area contributed by atoms with E-state index in [1.165, 1.54) is 6.20 Å². The first-order valence-corrected chi connectivity index (χ1v) is 7.95. The molecule has 0 unspecified atom stereocenters. The Balaban J connectivity index is 1.68. The second-order valence-electron chi connectivity index (χ2n) is 4.91. The molecule has 0 radical (unpaired) electrons. The van der Waals surface area contributed by atoms with Gasteiger partial charge >= 0.3 is 0 Å². The maximum atomic E-state index is 12.1. The molecular formula is C16H12BrClN4O. The van der Waals surface area contributed by atoms with E-state index >= 15 is 0 Å². The Morgan fingerprint density at radius 2 is 2.17 bits per heavy atom. The van der Waals surface area contributed by atoms with Crippen LogP contribution in [0.4, 0.5) is 5.82 Å². The Kier molecular flexibility index (Phi) is 4.73. The molecule has 3 aromatic rings. The minimum Gasteiger partial charge on any atom is -0.331 e. The van der Waals surface area contributed by atoms with Crippen molar-refractivity contribution in [1.82, 2.24) is 14.5 Å². The van der Waals surface area contributed by atoms with Gasteiger partial charge in [0.15, 0.2) is 5.82 Å². The Morgan fingerprint density at radius 3 is 2.96 bits per heavy atom. The van der Waals surface area contributed by atoms with Crippen LogP contribution in [0, 0.1) is 0 Å². The van der Waals surface area contributed by atoms with Crippen LogP contribution in [0.1, 0.15) is 15.9 Å². The lowest BCUT2D eigenvalue weighted by Crippen LogP contribution is -2.12. The van der Waals surface area contributed by atoms with Crippen LogP contribution in [0.3, 0.4) is 0 Å². The van der Waals surface area contributed by atoms with E-state index in [-0.39, 0.29) is 5.91 Å². The van der Waals surface area contributed by atoms with E-state index in [2.05, 4.69) is 31.2 Å². The normalized spacial score (nSPS) is 10.5. The summed E-state index contributed by atoms with van der Waals surface area (Å²) in [7, 11) is 0. The molecule has 1 amide bonds. The molecule has 0 atom stereocenters. The highest BCUT2D eigenvalue weighted by Crippen LogP contribution is 2.14. The maximum Gasteiger partial charge on any atom is 0.258 e. The van der Waals surface area contributed by atoms with Crippen molar-refractivity contribution in [3.05, 3.63) is 75.9 Å². The lowest BCUT2D eigenvalue weighted by molar-refractivity contribution is 0.102. The molecule has 5 nitrogen and oxygen atoms in total. The van der Waals surface area contributed by atoms with Crippen molar-refractivity contribution in [3.63, 3.8) is 0 Å². The van der Waals surface area contributed by atoms with E-state index in [4.69, 9.17) is 11.6 Å². The van der Waals surface area contributed by atoms with Gasteiger partial charge in [-0.2, -0.15) is 0 Å². The Bertz CT molecular complexity index is 849. The number of nitrogens with one attached hydrogen (secondary N) is 1. The van der Waals surface area contributed by atoms with E-state index in [1.807, 2.05) is 28.8 Å². The second-order valence-corrected chi connectivity index (χ2v) is 6.26. The summed E-state index contributed by atoms with van der Waals surface area (Å²) in [6.45, 7) is 0.627. The lowest BCUT2D eigenvalue weighted by atomic mass is 10.2. The number of halogens is 2. The predicted octanol–water partition coefficient (Wildman–Crippen LogP) is 3.99. The summed E-state index contributed by atoms with van der Waals surface area (Å²) >= 11 is 9.26. The molecule has 0 saturated heterocycles. The molecule has 23 heavy (non-hydrogen) atoms. The van der Waals surface area contributed by atoms with Crippen molar-refractivity contribution < 1.29 is 4.79 Å². The van der Waals surface area contributed by atoms with Crippen LogP contribution in [-0.2, 0) is 6.54 Å². The van der Waals surface area contributed by atoms with Crippen molar-refractivity contribution in [2.75, 3.05) is 5.32 Å². The summed E-state index contributed by atoms with van der Waals surface area (Å²) in [6, 6.07) is 9.31. The summed E-state index contributed by atoms with van der Waals surface area (Å²) in [5.74, 6) is 0.226. The first-order valence-electron chi connectivity index (χ1n) is 6.78. The molecule has 0 spiro atoms. The fourth-order valence-electron chi connectivity index (χ4n) is 2.08. The molecule has 1 N–H and O–H groups in total. The zero-order chi connectivity index (χ0) is 16.2. The van der Waals surface area contributed by atoms with Crippen LogP contribution in [0.2, 0.25) is 5.02 Å². The number of pyridine rings is 1. The first kappa shape index (κ1) is 15.7. The monoisotopic (exact) mass is 390 g/mol. The predicted molar refractivity (Wildman–Crippen MR) is 92.7 cm³/mol. The molecule has 1 aromatic carbocycles. The van der Waals surface area contributed by atoms with E-state index in [1.54, 1.807) is 24.8 Å². The van der Waals surface area contributed by atoms with Crippen LogP contribution in [-0.4, -0.2) is 20.4 Å². The summed E-state index contributed by atoms with van der Waals surface area (Å²) in [6.07, 6.45) is 6.56. The highest BCUT2D eigenvalue weighted by Gasteiger charge is 2.09. The van der Waals surface area contributed by atoms with Gasteiger partial charge in [-0.15, -0.1) is 0 Å². The molecule has 3 rings (SSSR count). The highest BCUT2D eigenvalue weighted by atomic mass is 79.9. The SMILES string of the molecule is O=C(Nc1cn(Cc2cccc(Cl)c2)cn1)c1cncc(Br)c1. The number of aromatic nitrogens is 3. The third-order valence-corrected chi connectivity index (χ3v) is 3.76. The number of hydrogen-bond acceptors (Lipinski definition) is 3. The standard InChI is InChI=1S/C16H12BrClN4O/c17-13-5-12(6-19-7-13)16(23)21-15-9-22(10-20-15)8-11-2-1-3-14(18)4-11/h1-7,9-10H,8H2,(H,21,23). The molecule has 2 aromatic heterocycles. The maximum absolute atomic E-state index is 12.1. The number of anilines is 1.